The summed E-state index contributed by atoms with van der Waals surface area (Å²) in [5.74, 6) is 0.393. The molecule has 1 aromatic rings. The van der Waals surface area contributed by atoms with Gasteiger partial charge in [-0.05, 0) is 36.8 Å². The van der Waals surface area contributed by atoms with E-state index in [9.17, 15) is 4.79 Å². The van der Waals surface area contributed by atoms with Crippen molar-refractivity contribution in [1.82, 2.24) is 4.98 Å². The van der Waals surface area contributed by atoms with Crippen molar-refractivity contribution in [2.24, 2.45) is 11.3 Å². The fraction of sp³-hybridized carbons (Fsp3) is 0.600. The smallest absolute Gasteiger partial charge is 0.224 e. The van der Waals surface area contributed by atoms with Gasteiger partial charge in [-0.2, -0.15) is 0 Å². The lowest BCUT2D eigenvalue weighted by Crippen LogP contribution is -2.19. The molecule has 0 saturated heterocycles. The number of rotatable bonds is 4. The summed E-state index contributed by atoms with van der Waals surface area (Å²) in [5, 5.41) is 3.34. The maximum atomic E-state index is 12.0. The second-order valence-corrected chi connectivity index (χ2v) is 6.78. The monoisotopic (exact) mass is 282 g/mol. The summed E-state index contributed by atoms with van der Waals surface area (Å²) in [7, 11) is 0. The van der Waals surface area contributed by atoms with Crippen LogP contribution in [-0.2, 0) is 4.79 Å². The molecule has 3 nitrogen and oxygen atoms in total. The van der Waals surface area contributed by atoms with E-state index < -0.39 is 0 Å². The summed E-state index contributed by atoms with van der Waals surface area (Å²) in [6.45, 7) is 10.5. The zero-order valence-corrected chi connectivity index (χ0v) is 13.1. The van der Waals surface area contributed by atoms with Gasteiger partial charge in [0.2, 0.25) is 5.91 Å². The van der Waals surface area contributed by atoms with Gasteiger partial charge in [-0.3, -0.25) is 4.79 Å². The van der Waals surface area contributed by atoms with Crippen molar-refractivity contribution in [3.63, 3.8) is 0 Å². The van der Waals surface area contributed by atoms with E-state index in [1.165, 1.54) is 0 Å². The van der Waals surface area contributed by atoms with Gasteiger partial charge < -0.3 is 5.32 Å². The number of nitrogens with zero attached hydrogens (tertiary/aromatic N) is 1. The molecule has 19 heavy (non-hydrogen) atoms. The van der Waals surface area contributed by atoms with Crippen LogP contribution in [0.3, 0.4) is 0 Å². The molecule has 1 amide bonds. The summed E-state index contributed by atoms with van der Waals surface area (Å²) in [6, 6.07) is 3.47. The molecule has 0 aliphatic rings. The van der Waals surface area contributed by atoms with Gasteiger partial charge in [-0.1, -0.05) is 39.3 Å². The van der Waals surface area contributed by atoms with E-state index in [1.54, 1.807) is 12.1 Å². The second-order valence-electron chi connectivity index (χ2n) is 6.39. The van der Waals surface area contributed by atoms with Gasteiger partial charge >= 0.3 is 0 Å². The van der Waals surface area contributed by atoms with Gasteiger partial charge in [-0.15, -0.1) is 0 Å². The summed E-state index contributed by atoms with van der Waals surface area (Å²) < 4.78 is 0. The average Bonchev–Trinajstić information content (AvgIpc) is 2.19. The zero-order valence-electron chi connectivity index (χ0n) is 12.4. The fourth-order valence-electron chi connectivity index (χ4n) is 2.30. The molecule has 1 unspecified atom stereocenters. The third kappa shape index (κ3) is 6.06. The van der Waals surface area contributed by atoms with Crippen LogP contribution in [0.25, 0.3) is 0 Å². The van der Waals surface area contributed by atoms with Crippen LogP contribution in [0.2, 0.25) is 5.15 Å². The van der Waals surface area contributed by atoms with E-state index in [-0.39, 0.29) is 11.3 Å². The number of carbonyl (C=O) groups is 1. The molecule has 0 radical (unpaired) electrons. The molecule has 1 aromatic heterocycles. The van der Waals surface area contributed by atoms with Crippen molar-refractivity contribution >= 4 is 23.2 Å². The van der Waals surface area contributed by atoms with Gasteiger partial charge in [0, 0.05) is 6.42 Å². The van der Waals surface area contributed by atoms with E-state index in [2.05, 4.69) is 38.0 Å². The Labute approximate surface area is 120 Å². The predicted molar refractivity (Wildman–Crippen MR) is 80.5 cm³/mol. The van der Waals surface area contributed by atoms with Crippen molar-refractivity contribution in [2.75, 3.05) is 5.32 Å². The zero-order chi connectivity index (χ0) is 14.6. The van der Waals surface area contributed by atoms with Crippen LogP contribution in [0.15, 0.2) is 12.1 Å². The minimum atomic E-state index is 0.0315. The maximum absolute atomic E-state index is 12.0. The Hall–Kier alpha value is -1.09. The van der Waals surface area contributed by atoms with Gasteiger partial charge in [0.15, 0.2) is 0 Å². The molecule has 0 saturated carbocycles. The number of aryl methyl sites for hydroxylation is 1. The van der Waals surface area contributed by atoms with E-state index in [0.717, 1.165) is 17.8 Å². The first-order chi connectivity index (χ1) is 8.67. The Kier molecular flexibility index (Phi) is 5.36. The second kappa shape index (κ2) is 6.38. The van der Waals surface area contributed by atoms with Gasteiger partial charge in [0.1, 0.15) is 5.15 Å². The van der Waals surface area contributed by atoms with Gasteiger partial charge in [-0.25, -0.2) is 4.98 Å². The highest BCUT2D eigenvalue weighted by molar-refractivity contribution is 6.29. The van der Waals surface area contributed by atoms with E-state index >= 15 is 0 Å². The first kappa shape index (κ1) is 16.0. The number of halogens is 1. The van der Waals surface area contributed by atoms with Crippen LogP contribution in [0.4, 0.5) is 5.69 Å². The summed E-state index contributed by atoms with van der Waals surface area (Å²) in [5.41, 5.74) is 1.72. The van der Waals surface area contributed by atoms with E-state index in [0.29, 0.717) is 17.5 Å². The Morgan fingerprint density at radius 3 is 2.58 bits per heavy atom. The molecule has 0 aromatic carbocycles. The molecule has 1 N–H and O–H groups in total. The number of amides is 1. The molecule has 0 fully saturated rings. The minimum Gasteiger partial charge on any atom is -0.324 e. The lowest BCUT2D eigenvalue weighted by molar-refractivity contribution is -0.117. The highest BCUT2D eigenvalue weighted by atomic mass is 35.5. The normalized spacial score (nSPS) is 13.2. The predicted octanol–water partition coefficient (Wildman–Crippen LogP) is 4.44. The lowest BCUT2D eigenvalue weighted by Gasteiger charge is -2.22. The van der Waals surface area contributed by atoms with Gasteiger partial charge in [0.25, 0.3) is 0 Å². The summed E-state index contributed by atoms with van der Waals surface area (Å²) in [4.78, 5) is 16.1. The van der Waals surface area contributed by atoms with Crippen molar-refractivity contribution < 1.29 is 4.79 Å². The lowest BCUT2D eigenvalue weighted by atomic mass is 9.84. The molecule has 1 rings (SSSR count). The topological polar surface area (TPSA) is 42.0 Å². The fourth-order valence-corrected chi connectivity index (χ4v) is 2.49. The van der Waals surface area contributed by atoms with Crippen molar-refractivity contribution in [2.45, 2.75) is 47.5 Å². The summed E-state index contributed by atoms with van der Waals surface area (Å²) in [6.07, 6.45) is 1.55. The molecule has 0 aliphatic heterocycles. The van der Waals surface area contributed by atoms with Crippen molar-refractivity contribution in [3.8, 4) is 0 Å². The largest absolute Gasteiger partial charge is 0.324 e. The molecule has 1 heterocycles. The van der Waals surface area contributed by atoms with Crippen LogP contribution in [0, 0.1) is 18.3 Å². The first-order valence-electron chi connectivity index (χ1n) is 6.60. The number of hydrogen-bond donors (Lipinski definition) is 1. The quantitative estimate of drug-likeness (QED) is 0.829. The number of anilines is 1. The SMILES string of the molecule is Cc1nc(Cl)ccc1NC(=O)CC(C)CC(C)(C)C. The summed E-state index contributed by atoms with van der Waals surface area (Å²) >= 11 is 5.79. The molecule has 0 spiro atoms. The Morgan fingerprint density at radius 1 is 1.42 bits per heavy atom. The molecule has 1 atom stereocenters. The Balaban J connectivity index is 2.56. The highest BCUT2D eigenvalue weighted by Gasteiger charge is 2.18. The molecule has 0 bridgehead atoms. The maximum Gasteiger partial charge on any atom is 0.224 e. The number of pyridine rings is 1. The highest BCUT2D eigenvalue weighted by Crippen LogP contribution is 2.26. The van der Waals surface area contributed by atoms with E-state index in [4.69, 9.17) is 11.6 Å². The van der Waals surface area contributed by atoms with Crippen LogP contribution in [-0.4, -0.2) is 10.9 Å². The standard InChI is InChI=1S/C15H23ClN2O/c1-10(9-15(3,4)5)8-14(19)18-12-6-7-13(16)17-11(12)2/h6-7,10H,8-9H2,1-5H3,(H,18,19). The first-order valence-corrected chi connectivity index (χ1v) is 6.98. The van der Waals surface area contributed by atoms with E-state index in [1.807, 2.05) is 6.92 Å². The van der Waals surface area contributed by atoms with Gasteiger partial charge in [0.05, 0.1) is 11.4 Å². The average molecular weight is 283 g/mol. The molecule has 4 heteroatoms. The van der Waals surface area contributed by atoms with Crippen LogP contribution >= 0.6 is 11.6 Å². The van der Waals surface area contributed by atoms with Crippen LogP contribution in [0.1, 0.15) is 46.2 Å². The third-order valence-electron chi connectivity index (χ3n) is 2.82. The van der Waals surface area contributed by atoms with Crippen LogP contribution < -0.4 is 5.32 Å². The number of aromatic nitrogens is 1. The number of hydrogen-bond acceptors (Lipinski definition) is 2. The molecule has 106 valence electrons. The van der Waals surface area contributed by atoms with Crippen molar-refractivity contribution in [3.05, 3.63) is 23.0 Å². The Bertz CT molecular complexity index is 452. The van der Waals surface area contributed by atoms with Crippen molar-refractivity contribution in [1.29, 1.82) is 0 Å². The molecule has 0 aliphatic carbocycles. The molecular formula is C15H23ClN2O. The number of nitrogens with one attached hydrogen (secondary N) is 1. The minimum absolute atomic E-state index is 0.0315. The Morgan fingerprint density at radius 2 is 2.05 bits per heavy atom. The number of carbonyl (C=O) groups excluding carboxylic acids is 1. The molecular weight excluding hydrogens is 260 g/mol. The van der Waals surface area contributed by atoms with Crippen LogP contribution in [0.5, 0.6) is 0 Å². The third-order valence-corrected chi connectivity index (χ3v) is 3.03.